The van der Waals surface area contributed by atoms with Crippen molar-refractivity contribution in [2.45, 2.75) is 18.9 Å². The summed E-state index contributed by atoms with van der Waals surface area (Å²) in [5.41, 5.74) is 1.83. The van der Waals surface area contributed by atoms with Gasteiger partial charge in [-0.25, -0.2) is 0 Å². The van der Waals surface area contributed by atoms with Crippen molar-refractivity contribution in [3.8, 4) is 11.5 Å². The summed E-state index contributed by atoms with van der Waals surface area (Å²) in [6.07, 6.45) is 0.483. The van der Waals surface area contributed by atoms with E-state index >= 15 is 0 Å². The van der Waals surface area contributed by atoms with Gasteiger partial charge in [0.1, 0.15) is 0 Å². The van der Waals surface area contributed by atoms with E-state index in [-0.39, 0.29) is 18.4 Å². The Balaban J connectivity index is 1.71. The maximum absolute atomic E-state index is 12.9. The van der Waals surface area contributed by atoms with Crippen molar-refractivity contribution in [1.29, 1.82) is 0 Å². The first-order valence-electron chi connectivity index (χ1n) is 9.50. The number of nitrogens with zero attached hydrogens (tertiary/aromatic N) is 2. The molecule has 7 nitrogen and oxygen atoms in total. The summed E-state index contributed by atoms with van der Waals surface area (Å²) in [6, 6.07) is 12.2. The molecule has 0 saturated carbocycles. The predicted octanol–water partition coefficient (Wildman–Crippen LogP) is 2.64. The zero-order valence-corrected chi connectivity index (χ0v) is 16.9. The van der Waals surface area contributed by atoms with Crippen LogP contribution in [0.15, 0.2) is 42.5 Å². The topological polar surface area (TPSA) is 79.3 Å². The van der Waals surface area contributed by atoms with Crippen molar-refractivity contribution < 1.29 is 24.2 Å². The van der Waals surface area contributed by atoms with Gasteiger partial charge in [-0.2, -0.15) is 0 Å². The van der Waals surface area contributed by atoms with Crippen LogP contribution in [0.4, 0.5) is 5.69 Å². The van der Waals surface area contributed by atoms with Crippen LogP contribution in [0.2, 0.25) is 0 Å². The Labute approximate surface area is 170 Å². The summed E-state index contributed by atoms with van der Waals surface area (Å²) in [5.74, 6) is 0.937. The van der Waals surface area contributed by atoms with Gasteiger partial charge in [0.2, 0.25) is 5.91 Å². The normalized spacial score (nSPS) is 14.6. The Morgan fingerprint density at radius 1 is 1.17 bits per heavy atom. The number of ether oxygens (including phenoxy) is 2. The fourth-order valence-electron chi connectivity index (χ4n) is 3.46. The lowest BCUT2D eigenvalue weighted by molar-refractivity contribution is -0.117. The van der Waals surface area contributed by atoms with Crippen molar-refractivity contribution >= 4 is 17.5 Å². The maximum Gasteiger partial charge on any atom is 0.253 e. The smallest absolute Gasteiger partial charge is 0.253 e. The number of rotatable bonds is 7. The number of aliphatic hydroxyl groups excluding tert-OH is 1. The van der Waals surface area contributed by atoms with Crippen LogP contribution in [-0.4, -0.2) is 56.2 Å². The molecule has 1 atom stereocenters. The molecule has 1 saturated heterocycles. The number of benzene rings is 2. The van der Waals surface area contributed by atoms with Crippen molar-refractivity contribution in [1.82, 2.24) is 4.90 Å². The van der Waals surface area contributed by atoms with E-state index < -0.39 is 6.10 Å². The van der Waals surface area contributed by atoms with Crippen LogP contribution in [0.3, 0.4) is 0 Å². The molecule has 1 aliphatic rings. The van der Waals surface area contributed by atoms with E-state index in [2.05, 4.69) is 0 Å². The Bertz CT molecular complexity index is 899. The fraction of sp³-hybridized carbons (Fsp3) is 0.364. The molecule has 1 N–H and O–H groups in total. The van der Waals surface area contributed by atoms with Crippen molar-refractivity contribution in [2.24, 2.45) is 0 Å². The first-order chi connectivity index (χ1) is 13.9. The van der Waals surface area contributed by atoms with E-state index in [0.29, 0.717) is 35.6 Å². The van der Waals surface area contributed by atoms with Crippen molar-refractivity contribution in [3.05, 3.63) is 53.6 Å². The molecule has 7 heteroatoms. The summed E-state index contributed by atoms with van der Waals surface area (Å²) in [7, 11) is 4.71. The van der Waals surface area contributed by atoms with Crippen molar-refractivity contribution in [2.75, 3.05) is 39.3 Å². The molecule has 29 heavy (non-hydrogen) atoms. The third kappa shape index (κ3) is 4.51. The number of hydrogen-bond acceptors (Lipinski definition) is 5. The molecule has 2 aromatic carbocycles. The zero-order valence-electron chi connectivity index (χ0n) is 16.9. The molecule has 2 aromatic rings. The Kier molecular flexibility index (Phi) is 6.39. The standard InChI is InChI=1S/C22H26N2O5/c1-23(14-18(25)15-9-10-19(28-2)20(13-15)29-3)22(27)16-6-4-7-17(12-16)24-11-5-8-21(24)26/h4,6-7,9-10,12-13,18,25H,5,8,11,14H2,1-3H3. The van der Waals surface area contributed by atoms with Crippen LogP contribution in [0.5, 0.6) is 11.5 Å². The number of carbonyl (C=O) groups excluding carboxylic acids is 2. The van der Waals surface area contributed by atoms with Gasteiger partial charge in [0.15, 0.2) is 11.5 Å². The first-order valence-corrected chi connectivity index (χ1v) is 9.50. The molecule has 1 heterocycles. The summed E-state index contributed by atoms with van der Waals surface area (Å²) >= 11 is 0. The highest BCUT2D eigenvalue weighted by Crippen LogP contribution is 2.30. The van der Waals surface area contributed by atoms with Gasteiger partial charge in [0, 0.05) is 31.3 Å². The molecule has 0 radical (unpaired) electrons. The van der Waals surface area contributed by atoms with Gasteiger partial charge >= 0.3 is 0 Å². The Hall–Kier alpha value is -3.06. The number of carbonyl (C=O) groups is 2. The van der Waals surface area contributed by atoms with Crippen LogP contribution in [0, 0.1) is 0 Å². The molecule has 3 rings (SSSR count). The fourth-order valence-corrected chi connectivity index (χ4v) is 3.46. The molecular formula is C22H26N2O5. The molecule has 1 aliphatic heterocycles. The summed E-state index contributed by atoms with van der Waals surface area (Å²) in [4.78, 5) is 28.0. The molecule has 0 spiro atoms. The Morgan fingerprint density at radius 2 is 1.93 bits per heavy atom. The van der Waals surface area contributed by atoms with Crippen LogP contribution in [-0.2, 0) is 4.79 Å². The first kappa shape index (κ1) is 20.7. The highest BCUT2D eigenvalue weighted by molar-refractivity contribution is 5.99. The maximum atomic E-state index is 12.9. The van der Waals surface area contributed by atoms with E-state index in [4.69, 9.17) is 9.47 Å². The van der Waals surface area contributed by atoms with Gasteiger partial charge in [0.05, 0.1) is 26.9 Å². The lowest BCUT2D eigenvalue weighted by Crippen LogP contribution is -2.31. The minimum Gasteiger partial charge on any atom is -0.493 e. The number of hydrogen-bond donors (Lipinski definition) is 1. The monoisotopic (exact) mass is 398 g/mol. The number of likely N-dealkylation sites (N-methyl/N-ethyl adjacent to an activating group) is 1. The second-order valence-electron chi connectivity index (χ2n) is 7.02. The lowest BCUT2D eigenvalue weighted by Gasteiger charge is -2.23. The third-order valence-corrected chi connectivity index (χ3v) is 5.06. The quantitative estimate of drug-likeness (QED) is 0.776. The molecule has 0 aliphatic carbocycles. The SMILES string of the molecule is COc1ccc(C(O)CN(C)C(=O)c2cccc(N3CCCC3=O)c2)cc1OC. The Morgan fingerprint density at radius 3 is 2.59 bits per heavy atom. The van der Waals surface area contributed by atoms with Gasteiger partial charge in [-0.3, -0.25) is 9.59 Å². The van der Waals surface area contributed by atoms with Gasteiger partial charge in [0.25, 0.3) is 5.91 Å². The highest BCUT2D eigenvalue weighted by Gasteiger charge is 2.23. The van der Waals surface area contributed by atoms with Crippen LogP contribution >= 0.6 is 0 Å². The average Bonchev–Trinajstić information content (AvgIpc) is 3.18. The van der Waals surface area contributed by atoms with E-state index in [1.807, 2.05) is 6.07 Å². The average molecular weight is 398 g/mol. The summed E-state index contributed by atoms with van der Waals surface area (Å²) in [5, 5.41) is 10.6. The van der Waals surface area contributed by atoms with Gasteiger partial charge < -0.3 is 24.4 Å². The highest BCUT2D eigenvalue weighted by atomic mass is 16.5. The van der Waals surface area contributed by atoms with E-state index in [1.54, 1.807) is 55.5 Å². The zero-order chi connectivity index (χ0) is 21.0. The predicted molar refractivity (Wildman–Crippen MR) is 109 cm³/mol. The van der Waals surface area contributed by atoms with Crippen LogP contribution in [0.25, 0.3) is 0 Å². The molecule has 1 unspecified atom stereocenters. The largest absolute Gasteiger partial charge is 0.493 e. The van der Waals surface area contributed by atoms with Crippen LogP contribution < -0.4 is 14.4 Å². The second-order valence-corrected chi connectivity index (χ2v) is 7.02. The summed E-state index contributed by atoms with van der Waals surface area (Å²) in [6.45, 7) is 0.783. The van der Waals surface area contributed by atoms with E-state index in [9.17, 15) is 14.7 Å². The third-order valence-electron chi connectivity index (χ3n) is 5.06. The minimum atomic E-state index is -0.882. The molecule has 2 amide bonds. The second kappa shape index (κ2) is 8.96. The number of anilines is 1. The lowest BCUT2D eigenvalue weighted by atomic mass is 10.1. The van der Waals surface area contributed by atoms with E-state index in [1.165, 1.54) is 12.0 Å². The van der Waals surface area contributed by atoms with Gasteiger partial charge in [-0.1, -0.05) is 12.1 Å². The van der Waals surface area contributed by atoms with Gasteiger partial charge in [-0.15, -0.1) is 0 Å². The number of methoxy groups -OCH3 is 2. The van der Waals surface area contributed by atoms with Crippen LogP contribution in [0.1, 0.15) is 34.9 Å². The van der Waals surface area contributed by atoms with Crippen molar-refractivity contribution in [3.63, 3.8) is 0 Å². The molecular weight excluding hydrogens is 372 g/mol. The molecule has 0 aromatic heterocycles. The molecule has 0 bridgehead atoms. The number of aliphatic hydroxyl groups is 1. The van der Waals surface area contributed by atoms with Gasteiger partial charge in [-0.05, 0) is 42.3 Å². The van der Waals surface area contributed by atoms with E-state index in [0.717, 1.165) is 12.1 Å². The number of amides is 2. The minimum absolute atomic E-state index is 0.0758. The summed E-state index contributed by atoms with van der Waals surface area (Å²) < 4.78 is 10.5. The molecule has 154 valence electrons. The molecule has 1 fully saturated rings.